The fourth-order valence-corrected chi connectivity index (χ4v) is 4.99. The summed E-state index contributed by atoms with van der Waals surface area (Å²) in [5, 5.41) is 3.26. The Labute approximate surface area is 214 Å². The molecule has 1 atom stereocenters. The molecule has 0 heterocycles. The number of benzene rings is 3. The van der Waals surface area contributed by atoms with Crippen LogP contribution >= 0.6 is 0 Å². The standard InChI is InChI=1S/C31H36N2O3/c1-23-10-8-13-25(18-23)21-30(34)33(22-26-14-9-17-28(19-26)36-2)29(20-24-11-4-3-5-12-24)31(35)32-27-15-6-7-16-27/h3-5,8-14,17-19,27,29H,6-7,15-16,20-22H2,1-2H3,(H,32,35)/t29-/m0/s1. The monoisotopic (exact) mass is 484 g/mol. The Hall–Kier alpha value is -3.60. The molecule has 5 nitrogen and oxygen atoms in total. The van der Waals surface area contributed by atoms with Crippen LogP contribution in [0.15, 0.2) is 78.9 Å². The summed E-state index contributed by atoms with van der Waals surface area (Å²) in [6.07, 6.45) is 4.96. The van der Waals surface area contributed by atoms with Crippen molar-refractivity contribution in [3.8, 4) is 5.75 Å². The van der Waals surface area contributed by atoms with Gasteiger partial charge in [0.05, 0.1) is 13.5 Å². The zero-order valence-electron chi connectivity index (χ0n) is 21.3. The Morgan fingerprint density at radius 1 is 0.917 bits per heavy atom. The van der Waals surface area contributed by atoms with Gasteiger partial charge in [-0.25, -0.2) is 0 Å². The molecular formula is C31H36N2O3. The first-order valence-electron chi connectivity index (χ1n) is 12.8. The number of aryl methyl sites for hydroxylation is 1. The molecule has 0 aromatic heterocycles. The summed E-state index contributed by atoms with van der Waals surface area (Å²) in [6, 6.07) is 25.2. The summed E-state index contributed by atoms with van der Waals surface area (Å²) in [5.74, 6) is 0.589. The first kappa shape index (κ1) is 25.5. The highest BCUT2D eigenvalue weighted by Crippen LogP contribution is 2.22. The van der Waals surface area contributed by atoms with Crippen molar-refractivity contribution in [1.82, 2.24) is 10.2 Å². The van der Waals surface area contributed by atoms with Crippen molar-refractivity contribution in [3.05, 3.63) is 101 Å². The second-order valence-corrected chi connectivity index (χ2v) is 9.73. The number of carbonyl (C=O) groups excluding carboxylic acids is 2. The molecule has 4 rings (SSSR count). The van der Waals surface area contributed by atoms with E-state index in [0.29, 0.717) is 13.0 Å². The Balaban J connectivity index is 1.67. The molecule has 1 fully saturated rings. The van der Waals surface area contributed by atoms with E-state index in [9.17, 15) is 9.59 Å². The molecule has 1 saturated carbocycles. The van der Waals surface area contributed by atoms with Crippen molar-refractivity contribution in [1.29, 1.82) is 0 Å². The minimum atomic E-state index is -0.614. The third-order valence-electron chi connectivity index (χ3n) is 6.90. The highest BCUT2D eigenvalue weighted by Gasteiger charge is 2.32. The van der Waals surface area contributed by atoms with Crippen LogP contribution < -0.4 is 10.1 Å². The largest absolute Gasteiger partial charge is 0.497 e. The lowest BCUT2D eigenvalue weighted by atomic mass is 10.0. The van der Waals surface area contributed by atoms with Crippen LogP contribution in [0.1, 0.15) is 47.9 Å². The summed E-state index contributed by atoms with van der Waals surface area (Å²) < 4.78 is 5.42. The highest BCUT2D eigenvalue weighted by molar-refractivity contribution is 5.89. The van der Waals surface area contributed by atoms with Crippen molar-refractivity contribution < 1.29 is 14.3 Å². The maximum atomic E-state index is 13.9. The van der Waals surface area contributed by atoms with Gasteiger partial charge in [-0.2, -0.15) is 0 Å². The van der Waals surface area contributed by atoms with Crippen LogP contribution in [0.4, 0.5) is 0 Å². The summed E-state index contributed by atoms with van der Waals surface area (Å²) >= 11 is 0. The normalized spacial score (nSPS) is 14.3. The molecular weight excluding hydrogens is 448 g/mol. The van der Waals surface area contributed by atoms with Crippen LogP contribution in [0.3, 0.4) is 0 Å². The van der Waals surface area contributed by atoms with Crippen molar-refractivity contribution in [2.24, 2.45) is 0 Å². The smallest absolute Gasteiger partial charge is 0.243 e. The number of carbonyl (C=O) groups is 2. The Bertz CT molecular complexity index is 1160. The number of methoxy groups -OCH3 is 1. The van der Waals surface area contributed by atoms with Crippen molar-refractivity contribution in [2.75, 3.05) is 7.11 Å². The quantitative estimate of drug-likeness (QED) is 0.428. The van der Waals surface area contributed by atoms with Gasteiger partial charge in [0, 0.05) is 19.0 Å². The van der Waals surface area contributed by atoms with Gasteiger partial charge in [-0.05, 0) is 48.6 Å². The Morgan fingerprint density at radius 3 is 2.33 bits per heavy atom. The maximum Gasteiger partial charge on any atom is 0.243 e. The molecule has 3 aromatic rings. The van der Waals surface area contributed by atoms with E-state index in [0.717, 1.165) is 53.7 Å². The Kier molecular flexibility index (Phi) is 8.77. The molecule has 0 unspecified atom stereocenters. The van der Waals surface area contributed by atoms with Gasteiger partial charge in [0.15, 0.2) is 0 Å². The van der Waals surface area contributed by atoms with Crippen molar-refractivity contribution in [2.45, 2.75) is 64.1 Å². The minimum absolute atomic E-state index is 0.0640. The molecule has 2 amide bonds. The first-order valence-corrected chi connectivity index (χ1v) is 12.8. The van der Waals surface area contributed by atoms with Crippen LogP contribution in [0.5, 0.6) is 5.75 Å². The van der Waals surface area contributed by atoms with Crippen LogP contribution in [0.2, 0.25) is 0 Å². The number of rotatable bonds is 10. The lowest BCUT2D eigenvalue weighted by Crippen LogP contribution is -2.52. The van der Waals surface area contributed by atoms with E-state index < -0.39 is 6.04 Å². The molecule has 0 radical (unpaired) electrons. The van der Waals surface area contributed by atoms with Gasteiger partial charge in [-0.1, -0.05) is 85.1 Å². The molecule has 188 valence electrons. The van der Waals surface area contributed by atoms with Gasteiger partial charge in [-0.3, -0.25) is 9.59 Å². The molecule has 3 aromatic carbocycles. The molecule has 5 heteroatoms. The molecule has 0 aliphatic heterocycles. The summed E-state index contributed by atoms with van der Waals surface area (Å²) in [7, 11) is 1.63. The van der Waals surface area contributed by atoms with Gasteiger partial charge >= 0.3 is 0 Å². The fourth-order valence-electron chi connectivity index (χ4n) is 4.99. The topological polar surface area (TPSA) is 58.6 Å². The van der Waals surface area contributed by atoms with E-state index in [1.165, 1.54) is 0 Å². The van der Waals surface area contributed by atoms with Crippen LogP contribution in [-0.4, -0.2) is 35.9 Å². The van der Waals surface area contributed by atoms with Crippen molar-refractivity contribution in [3.63, 3.8) is 0 Å². The molecule has 1 aliphatic carbocycles. The van der Waals surface area contributed by atoms with E-state index in [-0.39, 0.29) is 24.3 Å². The van der Waals surface area contributed by atoms with E-state index in [1.54, 1.807) is 12.0 Å². The lowest BCUT2D eigenvalue weighted by Gasteiger charge is -2.32. The Morgan fingerprint density at radius 2 is 1.61 bits per heavy atom. The van der Waals surface area contributed by atoms with Crippen LogP contribution in [0, 0.1) is 6.92 Å². The van der Waals surface area contributed by atoms with E-state index in [4.69, 9.17) is 4.74 Å². The molecule has 0 spiro atoms. The fraction of sp³-hybridized carbons (Fsp3) is 0.355. The summed E-state index contributed by atoms with van der Waals surface area (Å²) in [6.45, 7) is 2.35. The third-order valence-corrected chi connectivity index (χ3v) is 6.90. The van der Waals surface area contributed by atoms with Crippen molar-refractivity contribution >= 4 is 11.8 Å². The first-order chi connectivity index (χ1) is 17.5. The van der Waals surface area contributed by atoms with E-state index >= 15 is 0 Å². The van der Waals surface area contributed by atoms with E-state index in [2.05, 4.69) is 5.32 Å². The number of amides is 2. The molecule has 36 heavy (non-hydrogen) atoms. The molecule has 1 aliphatic rings. The number of nitrogens with one attached hydrogen (secondary N) is 1. The second kappa shape index (κ2) is 12.4. The average molecular weight is 485 g/mol. The second-order valence-electron chi connectivity index (χ2n) is 9.73. The predicted octanol–water partition coefficient (Wildman–Crippen LogP) is 5.25. The third kappa shape index (κ3) is 6.97. The van der Waals surface area contributed by atoms with Gasteiger partial charge in [-0.15, -0.1) is 0 Å². The zero-order chi connectivity index (χ0) is 25.3. The summed E-state index contributed by atoms with van der Waals surface area (Å²) in [4.78, 5) is 29.4. The SMILES string of the molecule is COc1cccc(CN(C(=O)Cc2cccc(C)c2)[C@@H](Cc2ccccc2)C(=O)NC2CCCC2)c1. The van der Waals surface area contributed by atoms with Crippen LogP contribution in [-0.2, 0) is 29.0 Å². The predicted molar refractivity (Wildman–Crippen MR) is 143 cm³/mol. The molecule has 0 bridgehead atoms. The highest BCUT2D eigenvalue weighted by atomic mass is 16.5. The van der Waals surface area contributed by atoms with Gasteiger partial charge in [0.25, 0.3) is 0 Å². The average Bonchev–Trinajstić information content (AvgIpc) is 3.40. The lowest BCUT2D eigenvalue weighted by molar-refractivity contribution is -0.141. The number of nitrogens with zero attached hydrogens (tertiary/aromatic N) is 1. The number of hydrogen-bond donors (Lipinski definition) is 1. The zero-order valence-corrected chi connectivity index (χ0v) is 21.3. The van der Waals surface area contributed by atoms with Gasteiger partial charge in [0.1, 0.15) is 11.8 Å². The van der Waals surface area contributed by atoms with Gasteiger partial charge < -0.3 is 15.0 Å². The number of hydrogen-bond acceptors (Lipinski definition) is 3. The minimum Gasteiger partial charge on any atom is -0.497 e. The maximum absolute atomic E-state index is 13.9. The summed E-state index contributed by atoms with van der Waals surface area (Å²) in [5.41, 5.74) is 4.02. The molecule has 0 saturated heterocycles. The van der Waals surface area contributed by atoms with E-state index in [1.807, 2.05) is 85.8 Å². The number of ether oxygens (including phenoxy) is 1. The molecule has 1 N–H and O–H groups in total. The van der Waals surface area contributed by atoms with Gasteiger partial charge in [0.2, 0.25) is 11.8 Å². The van der Waals surface area contributed by atoms with Crippen LogP contribution in [0.25, 0.3) is 0 Å².